The number of methoxy groups -OCH3 is 1. The first-order valence-corrected chi connectivity index (χ1v) is 9.94. The van der Waals surface area contributed by atoms with Crippen LogP contribution in [0.15, 0.2) is 29.4 Å². The van der Waals surface area contributed by atoms with E-state index in [1.165, 1.54) is 16.7 Å². The second-order valence-corrected chi connectivity index (χ2v) is 7.93. The van der Waals surface area contributed by atoms with Crippen molar-refractivity contribution in [3.8, 4) is 5.69 Å². The summed E-state index contributed by atoms with van der Waals surface area (Å²) in [6.45, 7) is 1.24. The van der Waals surface area contributed by atoms with Crippen LogP contribution in [0.25, 0.3) is 16.7 Å². The van der Waals surface area contributed by atoms with Gasteiger partial charge < -0.3 is 25.9 Å². The minimum Gasteiger partial charge on any atom is -0.409 e. The average Bonchev–Trinajstić information content (AvgIpc) is 3.32. The number of anilines is 1. The third-order valence-electron chi connectivity index (χ3n) is 5.43. The van der Waals surface area contributed by atoms with Gasteiger partial charge in [0.1, 0.15) is 11.3 Å². The highest BCUT2D eigenvalue weighted by Crippen LogP contribution is 2.33. The molecule has 0 unspecified atom stereocenters. The second kappa shape index (κ2) is 8.49. The van der Waals surface area contributed by atoms with Gasteiger partial charge >= 0.3 is 0 Å². The van der Waals surface area contributed by atoms with Crippen LogP contribution in [-0.4, -0.2) is 64.9 Å². The number of nitrogens with zero attached hydrogens (tertiary/aromatic N) is 4. The monoisotopic (exact) mass is 468 g/mol. The number of nitrogens with one attached hydrogen (secondary N) is 1. The molecule has 8 nitrogen and oxygen atoms in total. The number of nitrogens with two attached hydrogens (primary N) is 1. The van der Waals surface area contributed by atoms with Gasteiger partial charge in [0.15, 0.2) is 17.5 Å². The fraction of sp³-hybridized carbons (Fsp3) is 0.300. The number of hydrogen-bond acceptors (Lipinski definition) is 6. The van der Waals surface area contributed by atoms with E-state index in [0.29, 0.717) is 18.8 Å². The third kappa shape index (κ3) is 3.72. The molecule has 2 aromatic carbocycles. The van der Waals surface area contributed by atoms with Crippen LogP contribution in [0.4, 0.5) is 19.1 Å². The number of imidazole rings is 1. The first kappa shape index (κ1) is 22.2. The van der Waals surface area contributed by atoms with Crippen LogP contribution in [-0.2, 0) is 4.74 Å². The maximum atomic E-state index is 14.8. The summed E-state index contributed by atoms with van der Waals surface area (Å²) in [7, 11) is 3.49. The Kier molecular flexibility index (Phi) is 5.89. The molecular weight excluding hydrogens is 449 g/mol. The molecule has 32 heavy (non-hydrogen) atoms. The number of likely N-dealkylation sites (tertiary alicyclic amines) is 1. The fourth-order valence-corrected chi connectivity index (χ4v) is 4.10. The molecule has 2 atom stereocenters. The number of likely N-dealkylation sites (N-methyl/N-ethyl adjacent to an activating group) is 1. The molecule has 1 aromatic heterocycles. The molecule has 0 radical (unpaired) electrons. The van der Waals surface area contributed by atoms with Crippen molar-refractivity contribution in [2.24, 2.45) is 10.9 Å². The molecule has 4 N–H and O–H groups in total. The number of hydrogen-bond donors (Lipinski definition) is 3. The third-order valence-corrected chi connectivity index (χ3v) is 5.72. The molecule has 12 heteroatoms. The summed E-state index contributed by atoms with van der Waals surface area (Å²) >= 11 is 5.98. The Bertz CT molecular complexity index is 1220. The Morgan fingerprint density at radius 2 is 2.03 bits per heavy atom. The zero-order chi connectivity index (χ0) is 23.2. The van der Waals surface area contributed by atoms with Crippen LogP contribution in [0.1, 0.15) is 5.56 Å². The molecule has 0 aliphatic carbocycles. The molecule has 4 rings (SSSR count). The SMILES string of the molecule is CO[C@@H]1CN(C)C[C@H]1Nc1nc2c(F)c(F)cc(C(N)=NO)c2n1-c1ccc(F)c(Cl)c1. The largest absolute Gasteiger partial charge is 0.409 e. The van der Waals surface area contributed by atoms with Crippen molar-refractivity contribution in [3.63, 3.8) is 0 Å². The topological polar surface area (TPSA) is 101 Å². The van der Waals surface area contributed by atoms with Gasteiger partial charge in [-0.1, -0.05) is 16.8 Å². The van der Waals surface area contributed by atoms with E-state index >= 15 is 0 Å². The quantitative estimate of drug-likeness (QED) is 0.230. The second-order valence-electron chi connectivity index (χ2n) is 7.52. The van der Waals surface area contributed by atoms with Gasteiger partial charge in [0.2, 0.25) is 5.95 Å². The summed E-state index contributed by atoms with van der Waals surface area (Å²) in [6.07, 6.45) is -0.199. The van der Waals surface area contributed by atoms with Crippen LogP contribution in [0.3, 0.4) is 0 Å². The van der Waals surface area contributed by atoms with E-state index in [-0.39, 0.29) is 39.7 Å². The number of aromatic nitrogens is 2. The van der Waals surface area contributed by atoms with Crippen molar-refractivity contribution in [2.75, 3.05) is 32.6 Å². The molecule has 3 aromatic rings. The van der Waals surface area contributed by atoms with Crippen molar-refractivity contribution in [2.45, 2.75) is 12.1 Å². The number of fused-ring (bicyclic) bond motifs is 1. The normalized spacial score (nSPS) is 19.8. The summed E-state index contributed by atoms with van der Waals surface area (Å²) < 4.78 is 49.8. The van der Waals surface area contributed by atoms with Gasteiger partial charge in [0, 0.05) is 25.8 Å². The molecule has 0 amide bonds. The van der Waals surface area contributed by atoms with Crippen LogP contribution in [0, 0.1) is 17.5 Å². The average molecular weight is 469 g/mol. The molecule has 1 saturated heterocycles. The van der Waals surface area contributed by atoms with E-state index in [1.54, 1.807) is 7.11 Å². The number of halogens is 4. The molecule has 2 heterocycles. The van der Waals surface area contributed by atoms with Gasteiger partial charge in [0.05, 0.1) is 28.4 Å². The Hall–Kier alpha value is -3.02. The zero-order valence-corrected chi connectivity index (χ0v) is 17.9. The van der Waals surface area contributed by atoms with Crippen molar-refractivity contribution in [1.29, 1.82) is 0 Å². The first-order valence-electron chi connectivity index (χ1n) is 9.56. The van der Waals surface area contributed by atoms with Gasteiger partial charge in [-0.25, -0.2) is 18.2 Å². The summed E-state index contributed by atoms with van der Waals surface area (Å²) in [5.74, 6) is -3.41. The minimum absolute atomic E-state index is 0.0182. The molecule has 0 saturated carbocycles. The Labute approximate surface area is 186 Å². The Morgan fingerprint density at radius 3 is 2.69 bits per heavy atom. The van der Waals surface area contributed by atoms with E-state index in [2.05, 4.69) is 15.5 Å². The van der Waals surface area contributed by atoms with Gasteiger partial charge in [-0.3, -0.25) is 4.57 Å². The summed E-state index contributed by atoms with van der Waals surface area (Å²) in [5.41, 5.74) is 5.62. The molecule has 1 fully saturated rings. The van der Waals surface area contributed by atoms with Gasteiger partial charge in [-0.2, -0.15) is 0 Å². The van der Waals surface area contributed by atoms with Crippen molar-refractivity contribution in [3.05, 3.63) is 52.3 Å². The molecule has 170 valence electrons. The van der Waals surface area contributed by atoms with Crippen LogP contribution in [0.2, 0.25) is 5.02 Å². The van der Waals surface area contributed by atoms with Crippen LogP contribution in [0.5, 0.6) is 0 Å². The highest BCUT2D eigenvalue weighted by atomic mass is 35.5. The highest BCUT2D eigenvalue weighted by molar-refractivity contribution is 6.30. The lowest BCUT2D eigenvalue weighted by Gasteiger charge is -2.20. The van der Waals surface area contributed by atoms with Crippen LogP contribution >= 0.6 is 11.6 Å². The molecular formula is C20H20ClF3N6O2. The number of benzene rings is 2. The maximum absolute atomic E-state index is 14.8. The number of amidine groups is 1. The smallest absolute Gasteiger partial charge is 0.209 e. The summed E-state index contributed by atoms with van der Waals surface area (Å²) in [6, 6.07) is 4.42. The predicted octanol–water partition coefficient (Wildman–Crippen LogP) is 2.93. The number of oxime groups is 1. The summed E-state index contributed by atoms with van der Waals surface area (Å²) in [5, 5.41) is 15.1. The summed E-state index contributed by atoms with van der Waals surface area (Å²) in [4.78, 5) is 6.31. The Balaban J connectivity index is 2.00. The van der Waals surface area contributed by atoms with Crippen LogP contribution < -0.4 is 11.1 Å². The highest BCUT2D eigenvalue weighted by Gasteiger charge is 2.33. The zero-order valence-electron chi connectivity index (χ0n) is 17.1. The lowest BCUT2D eigenvalue weighted by molar-refractivity contribution is 0.104. The van der Waals surface area contributed by atoms with E-state index in [0.717, 1.165) is 12.1 Å². The minimum atomic E-state index is -1.22. The van der Waals surface area contributed by atoms with Gasteiger partial charge in [-0.05, 0) is 31.3 Å². The van der Waals surface area contributed by atoms with E-state index in [1.807, 2.05) is 11.9 Å². The predicted molar refractivity (Wildman–Crippen MR) is 114 cm³/mol. The van der Waals surface area contributed by atoms with E-state index < -0.39 is 23.3 Å². The van der Waals surface area contributed by atoms with Crippen molar-refractivity contribution >= 4 is 34.4 Å². The van der Waals surface area contributed by atoms with E-state index in [9.17, 15) is 18.4 Å². The Morgan fingerprint density at radius 1 is 1.28 bits per heavy atom. The maximum Gasteiger partial charge on any atom is 0.209 e. The van der Waals surface area contributed by atoms with Gasteiger partial charge in [0.25, 0.3) is 0 Å². The molecule has 0 bridgehead atoms. The van der Waals surface area contributed by atoms with Crippen molar-refractivity contribution < 1.29 is 23.1 Å². The number of ether oxygens (including phenoxy) is 1. The molecule has 1 aliphatic heterocycles. The lowest BCUT2D eigenvalue weighted by Crippen LogP contribution is -2.34. The van der Waals surface area contributed by atoms with Crippen molar-refractivity contribution in [1.82, 2.24) is 14.5 Å². The van der Waals surface area contributed by atoms with Gasteiger partial charge in [-0.15, -0.1) is 0 Å². The first-order chi connectivity index (χ1) is 15.2. The molecule has 0 spiro atoms. The molecule has 1 aliphatic rings. The fourth-order valence-electron chi connectivity index (χ4n) is 3.92. The number of rotatable bonds is 5. The van der Waals surface area contributed by atoms with E-state index in [4.69, 9.17) is 22.1 Å². The standard InChI is InChI=1S/C20H20ClF3N6O2/c1-29-7-14(15(8-29)32-2)26-20-27-17-16(24)13(23)6-10(19(25)28-31)18(17)30(20)9-3-4-12(22)11(21)5-9/h3-6,14-15,31H,7-8H2,1-2H3,(H2,25,28)(H,26,27)/t14-,15-/m1/s1. The lowest BCUT2D eigenvalue weighted by atomic mass is 10.1.